The van der Waals surface area contributed by atoms with E-state index in [-0.39, 0.29) is 12.6 Å². The third-order valence-corrected chi connectivity index (χ3v) is 2.24. The fraction of sp³-hybridized carbons (Fsp3) is 0.600. The van der Waals surface area contributed by atoms with E-state index in [0.717, 1.165) is 12.0 Å². The lowest BCUT2D eigenvalue weighted by Gasteiger charge is -2.13. The van der Waals surface area contributed by atoms with Crippen LogP contribution in [0, 0.1) is 0 Å². The fourth-order valence-electron chi connectivity index (χ4n) is 1.18. The van der Waals surface area contributed by atoms with Crippen LogP contribution in [0.4, 0.5) is 5.95 Å². The van der Waals surface area contributed by atoms with Gasteiger partial charge in [-0.25, -0.2) is 9.97 Å². The maximum atomic E-state index is 8.98. The van der Waals surface area contributed by atoms with Gasteiger partial charge in [-0.3, -0.25) is 0 Å². The third-order valence-electron chi connectivity index (χ3n) is 2.24. The number of aliphatic hydroxyl groups is 1. The lowest BCUT2D eigenvalue weighted by molar-refractivity contribution is 0.238. The van der Waals surface area contributed by atoms with Gasteiger partial charge in [0.1, 0.15) is 0 Å². The van der Waals surface area contributed by atoms with E-state index in [1.54, 1.807) is 19.4 Å². The number of hydrogen-bond acceptors (Lipinski definition) is 5. The van der Waals surface area contributed by atoms with Gasteiger partial charge in [-0.05, 0) is 6.42 Å². The molecule has 0 radical (unpaired) electrons. The number of anilines is 1. The molecule has 0 aliphatic rings. The molecule has 84 valence electrons. The molecular weight excluding hydrogens is 192 g/mol. The first kappa shape index (κ1) is 11.9. The van der Waals surface area contributed by atoms with E-state index >= 15 is 0 Å². The maximum absolute atomic E-state index is 8.98. The zero-order chi connectivity index (χ0) is 11.1. The van der Waals surface area contributed by atoms with Crippen LogP contribution in [0.15, 0.2) is 12.4 Å². The van der Waals surface area contributed by atoms with E-state index in [4.69, 9.17) is 5.11 Å². The van der Waals surface area contributed by atoms with Gasteiger partial charge in [-0.15, -0.1) is 0 Å². The summed E-state index contributed by atoms with van der Waals surface area (Å²) in [7, 11) is 1.78. The lowest BCUT2D eigenvalue weighted by Crippen LogP contribution is -2.31. The molecule has 0 aliphatic heterocycles. The predicted molar refractivity (Wildman–Crippen MR) is 59.6 cm³/mol. The molecule has 3 N–H and O–H groups in total. The summed E-state index contributed by atoms with van der Waals surface area (Å²) in [5.74, 6) is 0.618. The molecule has 0 amide bonds. The van der Waals surface area contributed by atoms with Crippen molar-refractivity contribution in [2.24, 2.45) is 0 Å². The Morgan fingerprint density at radius 2 is 2.07 bits per heavy atom. The lowest BCUT2D eigenvalue weighted by atomic mass is 10.2. The number of nitrogens with zero attached hydrogens (tertiary/aromatic N) is 2. The Morgan fingerprint density at radius 1 is 1.40 bits per heavy atom. The van der Waals surface area contributed by atoms with E-state index in [2.05, 4.69) is 20.6 Å². The molecule has 0 aromatic carbocycles. The molecule has 15 heavy (non-hydrogen) atoms. The Bertz CT molecular complexity index is 271. The summed E-state index contributed by atoms with van der Waals surface area (Å²) in [5, 5.41) is 15.1. The topological polar surface area (TPSA) is 70.1 Å². The summed E-state index contributed by atoms with van der Waals surface area (Å²) >= 11 is 0. The molecule has 0 spiro atoms. The van der Waals surface area contributed by atoms with Crippen LogP contribution < -0.4 is 10.6 Å². The predicted octanol–water partition coefficient (Wildman–Crippen LogP) is 0.379. The van der Waals surface area contributed by atoms with Gasteiger partial charge in [0.2, 0.25) is 5.95 Å². The zero-order valence-corrected chi connectivity index (χ0v) is 9.20. The molecular formula is C10H18N4O. The minimum atomic E-state index is 0.147. The van der Waals surface area contributed by atoms with E-state index in [0.29, 0.717) is 12.5 Å². The minimum absolute atomic E-state index is 0.147. The summed E-state index contributed by atoms with van der Waals surface area (Å²) in [5.41, 5.74) is 1.01. The molecule has 5 heteroatoms. The van der Waals surface area contributed by atoms with Gasteiger partial charge in [0.25, 0.3) is 0 Å². The molecule has 1 aromatic rings. The Labute approximate surface area is 90.0 Å². The smallest absolute Gasteiger partial charge is 0.222 e. The van der Waals surface area contributed by atoms with E-state index in [9.17, 15) is 0 Å². The Balaban J connectivity index is 2.43. The fourth-order valence-corrected chi connectivity index (χ4v) is 1.18. The molecule has 0 bridgehead atoms. The highest BCUT2D eigenvalue weighted by Gasteiger charge is 2.03. The van der Waals surface area contributed by atoms with Gasteiger partial charge in [0.05, 0.1) is 6.61 Å². The van der Waals surface area contributed by atoms with E-state index < -0.39 is 0 Å². The summed E-state index contributed by atoms with van der Waals surface area (Å²) in [4.78, 5) is 8.20. The van der Waals surface area contributed by atoms with Crippen LogP contribution in [0.25, 0.3) is 0 Å². The maximum Gasteiger partial charge on any atom is 0.222 e. The molecule has 1 atom stereocenters. The number of aliphatic hydroxyl groups excluding tert-OH is 1. The van der Waals surface area contributed by atoms with Crippen molar-refractivity contribution in [1.82, 2.24) is 15.3 Å². The van der Waals surface area contributed by atoms with Gasteiger partial charge < -0.3 is 15.7 Å². The average Bonchev–Trinajstić information content (AvgIpc) is 2.31. The quantitative estimate of drug-likeness (QED) is 0.633. The third kappa shape index (κ3) is 3.81. The molecule has 0 saturated carbocycles. The van der Waals surface area contributed by atoms with E-state index in [1.165, 1.54) is 0 Å². The van der Waals surface area contributed by atoms with Crippen LogP contribution in [0.5, 0.6) is 0 Å². The van der Waals surface area contributed by atoms with Crippen LogP contribution in [0.3, 0.4) is 0 Å². The van der Waals surface area contributed by atoms with Crippen LogP contribution in [-0.2, 0) is 6.54 Å². The standard InChI is InChI=1S/C10H18N4O/c1-3-9(7-15)12-4-8-5-13-10(11-2)14-6-8/h5-6,9,12,15H,3-4,7H2,1-2H3,(H,11,13,14)/t9-/m1/s1. The van der Waals surface area contributed by atoms with Gasteiger partial charge in [0.15, 0.2) is 0 Å². The first-order chi connectivity index (χ1) is 7.30. The average molecular weight is 210 g/mol. The summed E-state index contributed by atoms with van der Waals surface area (Å²) in [6.07, 6.45) is 4.46. The zero-order valence-electron chi connectivity index (χ0n) is 9.20. The van der Waals surface area contributed by atoms with Crippen molar-refractivity contribution in [2.45, 2.75) is 25.9 Å². The molecule has 5 nitrogen and oxygen atoms in total. The number of nitrogens with one attached hydrogen (secondary N) is 2. The van der Waals surface area contributed by atoms with Crippen molar-refractivity contribution >= 4 is 5.95 Å². The van der Waals surface area contributed by atoms with Gasteiger partial charge in [-0.2, -0.15) is 0 Å². The Morgan fingerprint density at radius 3 is 2.53 bits per heavy atom. The summed E-state index contributed by atoms with van der Waals surface area (Å²) in [6, 6.07) is 0.147. The first-order valence-corrected chi connectivity index (χ1v) is 5.13. The van der Waals surface area contributed by atoms with Crippen molar-refractivity contribution in [3.63, 3.8) is 0 Å². The minimum Gasteiger partial charge on any atom is -0.395 e. The molecule has 0 fully saturated rings. The van der Waals surface area contributed by atoms with Gasteiger partial charge in [-0.1, -0.05) is 6.92 Å². The number of rotatable bonds is 6. The van der Waals surface area contributed by atoms with Crippen molar-refractivity contribution in [3.8, 4) is 0 Å². The molecule has 1 rings (SSSR count). The van der Waals surface area contributed by atoms with Crippen molar-refractivity contribution < 1.29 is 5.11 Å². The van der Waals surface area contributed by atoms with Crippen LogP contribution in [0.2, 0.25) is 0 Å². The first-order valence-electron chi connectivity index (χ1n) is 5.13. The van der Waals surface area contributed by atoms with Crippen molar-refractivity contribution in [3.05, 3.63) is 18.0 Å². The summed E-state index contributed by atoms with van der Waals surface area (Å²) < 4.78 is 0. The molecule has 1 aromatic heterocycles. The largest absolute Gasteiger partial charge is 0.395 e. The normalized spacial score (nSPS) is 12.5. The molecule has 0 saturated heterocycles. The van der Waals surface area contributed by atoms with Crippen molar-refractivity contribution in [2.75, 3.05) is 19.0 Å². The monoisotopic (exact) mass is 210 g/mol. The second kappa shape index (κ2) is 6.31. The van der Waals surface area contributed by atoms with Crippen LogP contribution in [0.1, 0.15) is 18.9 Å². The van der Waals surface area contributed by atoms with E-state index in [1.807, 2.05) is 6.92 Å². The highest BCUT2D eigenvalue weighted by Crippen LogP contribution is 2.00. The number of hydrogen-bond donors (Lipinski definition) is 3. The molecule has 0 unspecified atom stereocenters. The molecule has 1 heterocycles. The SMILES string of the molecule is CC[C@H](CO)NCc1cnc(NC)nc1. The second-order valence-corrected chi connectivity index (χ2v) is 3.33. The highest BCUT2D eigenvalue weighted by molar-refractivity contribution is 5.23. The van der Waals surface area contributed by atoms with Crippen molar-refractivity contribution in [1.29, 1.82) is 0 Å². The van der Waals surface area contributed by atoms with Gasteiger partial charge in [0, 0.05) is 37.6 Å². The molecule has 0 aliphatic carbocycles. The van der Waals surface area contributed by atoms with Crippen LogP contribution in [-0.4, -0.2) is 34.8 Å². The Hall–Kier alpha value is -1.20. The highest BCUT2D eigenvalue weighted by atomic mass is 16.3. The summed E-state index contributed by atoms with van der Waals surface area (Å²) in [6.45, 7) is 2.88. The van der Waals surface area contributed by atoms with Crippen LogP contribution >= 0.6 is 0 Å². The Kier molecular flexibility index (Phi) is 5.00. The second-order valence-electron chi connectivity index (χ2n) is 3.33. The number of aromatic nitrogens is 2. The van der Waals surface area contributed by atoms with Gasteiger partial charge >= 0.3 is 0 Å².